The van der Waals surface area contributed by atoms with E-state index in [0.29, 0.717) is 5.00 Å². The summed E-state index contributed by atoms with van der Waals surface area (Å²) in [6, 6.07) is -0.0689. The minimum Gasteiger partial charge on any atom is -0.389 e. The maximum absolute atomic E-state index is 12.0. The average molecular weight is 240 g/mol. The summed E-state index contributed by atoms with van der Waals surface area (Å²) in [6.07, 6.45) is 3.58. The maximum atomic E-state index is 12.0. The minimum atomic E-state index is -0.0689. The van der Waals surface area contributed by atoms with Crippen LogP contribution in [0.5, 0.6) is 0 Å². The van der Waals surface area contributed by atoms with E-state index in [2.05, 4.69) is 9.88 Å². The number of amides is 1. The number of rotatable bonds is 2. The molecule has 1 aromatic heterocycles. The van der Waals surface area contributed by atoms with Gasteiger partial charge in [-0.05, 0) is 12.8 Å². The van der Waals surface area contributed by atoms with Crippen LogP contribution in [0.4, 0.5) is 10.1 Å². The van der Waals surface area contributed by atoms with Gasteiger partial charge in [0.15, 0.2) is 5.13 Å². The van der Waals surface area contributed by atoms with Crippen LogP contribution in [0.15, 0.2) is 6.20 Å². The van der Waals surface area contributed by atoms with E-state index in [1.54, 1.807) is 25.2 Å². The van der Waals surface area contributed by atoms with Crippen molar-refractivity contribution in [1.82, 2.24) is 9.88 Å². The fourth-order valence-electron chi connectivity index (χ4n) is 1.96. The van der Waals surface area contributed by atoms with Crippen molar-refractivity contribution in [3.05, 3.63) is 6.20 Å². The van der Waals surface area contributed by atoms with Crippen molar-refractivity contribution < 1.29 is 4.79 Å². The number of aromatic nitrogens is 1. The lowest BCUT2D eigenvalue weighted by molar-refractivity contribution is -0.129. The van der Waals surface area contributed by atoms with Gasteiger partial charge >= 0.3 is 0 Å². The number of anilines is 2. The first-order valence-corrected chi connectivity index (χ1v) is 6.10. The standard InChI is InChI=1S/C10H16N4OS/c1-13(2)9(15)7-4-3-5-14(7)10-12-6-8(11)16-10/h6-7H,3-5,11H2,1-2H3. The summed E-state index contributed by atoms with van der Waals surface area (Å²) in [7, 11) is 3.57. The van der Waals surface area contributed by atoms with Crippen LogP contribution in [0.3, 0.4) is 0 Å². The lowest BCUT2D eigenvalue weighted by Gasteiger charge is -2.25. The van der Waals surface area contributed by atoms with E-state index < -0.39 is 0 Å². The first-order chi connectivity index (χ1) is 7.59. The van der Waals surface area contributed by atoms with E-state index in [-0.39, 0.29) is 11.9 Å². The molecule has 1 amide bonds. The Labute approximate surface area is 98.9 Å². The van der Waals surface area contributed by atoms with Crippen molar-refractivity contribution in [3.8, 4) is 0 Å². The molecular formula is C10H16N4OS. The molecule has 0 aliphatic carbocycles. The van der Waals surface area contributed by atoms with Gasteiger partial charge in [-0.3, -0.25) is 4.79 Å². The largest absolute Gasteiger partial charge is 0.389 e. The Morgan fingerprint density at radius 2 is 2.44 bits per heavy atom. The van der Waals surface area contributed by atoms with Gasteiger partial charge in [-0.25, -0.2) is 4.98 Å². The van der Waals surface area contributed by atoms with Crippen LogP contribution in [-0.4, -0.2) is 42.5 Å². The van der Waals surface area contributed by atoms with Gasteiger partial charge in [0.1, 0.15) is 11.0 Å². The van der Waals surface area contributed by atoms with E-state index in [4.69, 9.17) is 5.73 Å². The smallest absolute Gasteiger partial charge is 0.244 e. The summed E-state index contributed by atoms with van der Waals surface area (Å²) in [4.78, 5) is 19.9. The third kappa shape index (κ3) is 1.97. The lowest BCUT2D eigenvalue weighted by atomic mass is 10.2. The number of hydrogen-bond donors (Lipinski definition) is 1. The topological polar surface area (TPSA) is 62.5 Å². The van der Waals surface area contributed by atoms with Crippen LogP contribution in [0.1, 0.15) is 12.8 Å². The molecule has 1 aromatic rings. The number of likely N-dealkylation sites (N-methyl/N-ethyl adjacent to an activating group) is 1. The zero-order chi connectivity index (χ0) is 11.7. The van der Waals surface area contributed by atoms with Gasteiger partial charge in [0.2, 0.25) is 5.91 Å². The zero-order valence-electron chi connectivity index (χ0n) is 9.51. The fourth-order valence-corrected chi connectivity index (χ4v) is 2.72. The Kier molecular flexibility index (Phi) is 3.00. The van der Waals surface area contributed by atoms with E-state index >= 15 is 0 Å². The van der Waals surface area contributed by atoms with E-state index in [1.807, 2.05) is 0 Å². The molecule has 1 aliphatic heterocycles. The quantitative estimate of drug-likeness (QED) is 0.830. The summed E-state index contributed by atoms with van der Waals surface area (Å²) in [5, 5.41) is 1.55. The molecule has 1 fully saturated rings. The number of nitrogens with zero attached hydrogens (tertiary/aromatic N) is 3. The van der Waals surface area contributed by atoms with Gasteiger partial charge in [0, 0.05) is 20.6 Å². The monoisotopic (exact) mass is 240 g/mol. The Bertz CT molecular complexity index is 390. The first-order valence-electron chi connectivity index (χ1n) is 5.28. The van der Waals surface area contributed by atoms with E-state index in [9.17, 15) is 4.79 Å². The minimum absolute atomic E-state index is 0.0689. The van der Waals surface area contributed by atoms with E-state index in [1.165, 1.54) is 11.3 Å². The molecule has 0 saturated carbocycles. The zero-order valence-corrected chi connectivity index (χ0v) is 10.3. The molecule has 2 heterocycles. The lowest BCUT2D eigenvalue weighted by Crippen LogP contribution is -2.42. The predicted molar refractivity (Wildman–Crippen MR) is 65.6 cm³/mol. The molecule has 1 atom stereocenters. The average Bonchev–Trinajstić information content (AvgIpc) is 2.83. The molecule has 2 rings (SSSR count). The SMILES string of the molecule is CN(C)C(=O)C1CCCN1c1ncc(N)s1. The molecule has 1 saturated heterocycles. The highest BCUT2D eigenvalue weighted by atomic mass is 32.1. The van der Waals surface area contributed by atoms with Crippen LogP contribution >= 0.6 is 11.3 Å². The van der Waals surface area contributed by atoms with Crippen molar-refractivity contribution >= 4 is 27.4 Å². The Morgan fingerprint density at radius 1 is 1.69 bits per heavy atom. The number of nitrogens with two attached hydrogens (primary N) is 1. The molecule has 0 aromatic carbocycles. The third-order valence-corrected chi connectivity index (χ3v) is 3.60. The summed E-state index contributed by atoms with van der Waals surface area (Å²) in [6.45, 7) is 0.886. The molecule has 2 N–H and O–H groups in total. The van der Waals surface area contributed by atoms with Crippen molar-refractivity contribution in [2.75, 3.05) is 31.3 Å². The van der Waals surface area contributed by atoms with Crippen molar-refractivity contribution in [2.45, 2.75) is 18.9 Å². The Morgan fingerprint density at radius 3 is 3.00 bits per heavy atom. The summed E-state index contributed by atoms with van der Waals surface area (Å²) >= 11 is 1.44. The van der Waals surface area contributed by atoms with Crippen molar-refractivity contribution in [3.63, 3.8) is 0 Å². The second-order valence-corrected chi connectivity index (χ2v) is 5.17. The molecule has 0 radical (unpaired) electrons. The van der Waals surface area contributed by atoms with Crippen LogP contribution in [0.2, 0.25) is 0 Å². The Balaban J connectivity index is 2.18. The highest BCUT2D eigenvalue weighted by Crippen LogP contribution is 2.31. The molecular weight excluding hydrogens is 224 g/mol. The molecule has 88 valence electrons. The number of carbonyl (C=O) groups is 1. The second kappa shape index (κ2) is 4.29. The van der Waals surface area contributed by atoms with Gasteiger partial charge in [0.25, 0.3) is 0 Å². The predicted octanol–water partition coefficient (Wildman–Crippen LogP) is 0.782. The molecule has 16 heavy (non-hydrogen) atoms. The van der Waals surface area contributed by atoms with Crippen LogP contribution in [-0.2, 0) is 4.79 Å². The van der Waals surface area contributed by atoms with Gasteiger partial charge in [-0.1, -0.05) is 11.3 Å². The van der Waals surface area contributed by atoms with Crippen molar-refractivity contribution in [2.24, 2.45) is 0 Å². The summed E-state index contributed by atoms with van der Waals surface area (Å²) < 4.78 is 0. The highest BCUT2D eigenvalue weighted by Gasteiger charge is 2.33. The normalized spacial score (nSPS) is 20.1. The fraction of sp³-hybridized carbons (Fsp3) is 0.600. The number of hydrogen-bond acceptors (Lipinski definition) is 5. The van der Waals surface area contributed by atoms with Gasteiger partial charge in [-0.15, -0.1) is 0 Å². The van der Waals surface area contributed by atoms with Crippen LogP contribution in [0, 0.1) is 0 Å². The molecule has 5 nitrogen and oxygen atoms in total. The maximum Gasteiger partial charge on any atom is 0.244 e. The molecule has 6 heteroatoms. The molecule has 1 unspecified atom stereocenters. The van der Waals surface area contributed by atoms with Crippen molar-refractivity contribution in [1.29, 1.82) is 0 Å². The number of thiazole rings is 1. The number of nitrogen functional groups attached to an aromatic ring is 1. The summed E-state index contributed by atoms with van der Waals surface area (Å²) in [5.74, 6) is 0.145. The Hall–Kier alpha value is -1.30. The summed E-state index contributed by atoms with van der Waals surface area (Å²) in [5.41, 5.74) is 5.66. The molecule has 0 bridgehead atoms. The highest BCUT2D eigenvalue weighted by molar-refractivity contribution is 7.19. The third-order valence-electron chi connectivity index (χ3n) is 2.74. The van der Waals surface area contributed by atoms with Crippen LogP contribution in [0.25, 0.3) is 0 Å². The first kappa shape index (κ1) is 11.2. The van der Waals surface area contributed by atoms with E-state index in [0.717, 1.165) is 24.5 Å². The number of carbonyl (C=O) groups excluding carboxylic acids is 1. The second-order valence-electron chi connectivity index (χ2n) is 4.13. The van der Waals surface area contributed by atoms with Crippen LogP contribution < -0.4 is 10.6 Å². The van der Waals surface area contributed by atoms with Gasteiger partial charge in [-0.2, -0.15) is 0 Å². The molecule has 1 aliphatic rings. The van der Waals surface area contributed by atoms with Gasteiger partial charge < -0.3 is 15.5 Å². The van der Waals surface area contributed by atoms with Gasteiger partial charge in [0.05, 0.1) is 6.20 Å². The molecule has 0 spiro atoms.